The molecule has 0 aliphatic carbocycles. The molecule has 0 aliphatic rings. The van der Waals surface area contributed by atoms with Gasteiger partial charge in [0.1, 0.15) is 5.82 Å². The van der Waals surface area contributed by atoms with E-state index in [1.807, 2.05) is 19.1 Å². The third-order valence-corrected chi connectivity index (χ3v) is 3.30. The molecule has 0 bridgehead atoms. The highest BCUT2D eigenvalue weighted by atomic mass is 35.5. The van der Waals surface area contributed by atoms with E-state index in [1.54, 1.807) is 6.07 Å². The quantitative estimate of drug-likeness (QED) is 0.675. The van der Waals surface area contributed by atoms with Gasteiger partial charge < -0.3 is 5.32 Å². The minimum Gasteiger partial charge on any atom is -0.381 e. The maximum absolute atomic E-state index is 13.2. The van der Waals surface area contributed by atoms with E-state index in [4.69, 9.17) is 11.6 Å². The predicted octanol–water partition coefficient (Wildman–Crippen LogP) is 4.31. The van der Waals surface area contributed by atoms with Crippen molar-refractivity contribution in [1.82, 2.24) is 0 Å². The maximum atomic E-state index is 13.2. The highest BCUT2D eigenvalue weighted by Gasteiger charge is 2.14. The normalized spacial score (nSPS) is 10.3. The molecule has 0 saturated carbocycles. The fraction of sp³-hybridized carbons (Fsp3) is 0.143. The summed E-state index contributed by atoms with van der Waals surface area (Å²) in [6.07, 6.45) is 0. The molecule has 20 heavy (non-hydrogen) atoms. The fourth-order valence-electron chi connectivity index (χ4n) is 1.77. The standard InChI is InChI=1S/C14H12ClFN2O2/c1-9-2-4-12(7-13(9)15)17-8-10-6-11(16)3-5-14(10)18(19)20/h2-7,17H,8H2,1H3. The molecule has 0 unspecified atom stereocenters. The monoisotopic (exact) mass is 294 g/mol. The number of nitrogens with one attached hydrogen (secondary N) is 1. The topological polar surface area (TPSA) is 55.2 Å². The van der Waals surface area contributed by atoms with Crippen LogP contribution in [0.15, 0.2) is 36.4 Å². The molecule has 0 amide bonds. The summed E-state index contributed by atoms with van der Waals surface area (Å²) in [7, 11) is 0. The summed E-state index contributed by atoms with van der Waals surface area (Å²) in [5, 5.41) is 14.5. The highest BCUT2D eigenvalue weighted by molar-refractivity contribution is 6.31. The molecule has 2 aromatic carbocycles. The van der Waals surface area contributed by atoms with Crippen LogP contribution in [0.25, 0.3) is 0 Å². The van der Waals surface area contributed by atoms with Crippen molar-refractivity contribution in [2.75, 3.05) is 5.32 Å². The molecule has 0 heterocycles. The third kappa shape index (κ3) is 3.24. The van der Waals surface area contributed by atoms with E-state index < -0.39 is 10.7 Å². The molecule has 0 spiro atoms. The van der Waals surface area contributed by atoms with E-state index in [0.29, 0.717) is 5.02 Å². The Morgan fingerprint density at radius 1 is 1.30 bits per heavy atom. The molecular formula is C14H12ClFN2O2. The average Bonchev–Trinajstić information content (AvgIpc) is 2.40. The van der Waals surface area contributed by atoms with Crippen molar-refractivity contribution < 1.29 is 9.31 Å². The van der Waals surface area contributed by atoms with Gasteiger partial charge in [0.2, 0.25) is 0 Å². The summed E-state index contributed by atoms with van der Waals surface area (Å²) < 4.78 is 13.2. The number of hydrogen-bond acceptors (Lipinski definition) is 3. The first-order valence-corrected chi connectivity index (χ1v) is 6.28. The molecular weight excluding hydrogens is 283 g/mol. The van der Waals surface area contributed by atoms with Crippen LogP contribution in [0.1, 0.15) is 11.1 Å². The molecule has 0 radical (unpaired) electrons. The number of aryl methyl sites for hydroxylation is 1. The smallest absolute Gasteiger partial charge is 0.274 e. The summed E-state index contributed by atoms with van der Waals surface area (Å²) in [5.74, 6) is -0.505. The zero-order valence-electron chi connectivity index (χ0n) is 10.7. The van der Waals surface area contributed by atoms with Crippen LogP contribution in [0.2, 0.25) is 5.02 Å². The van der Waals surface area contributed by atoms with Gasteiger partial charge in [-0.15, -0.1) is 0 Å². The van der Waals surface area contributed by atoms with Crippen LogP contribution in [0.3, 0.4) is 0 Å². The Balaban J connectivity index is 2.20. The average molecular weight is 295 g/mol. The van der Waals surface area contributed by atoms with Gasteiger partial charge in [-0.2, -0.15) is 0 Å². The van der Waals surface area contributed by atoms with Crippen LogP contribution >= 0.6 is 11.6 Å². The summed E-state index contributed by atoms with van der Waals surface area (Å²) in [6, 6.07) is 8.76. The molecule has 1 N–H and O–H groups in total. The van der Waals surface area contributed by atoms with Gasteiger partial charge in [-0.3, -0.25) is 10.1 Å². The first-order chi connectivity index (χ1) is 9.47. The maximum Gasteiger partial charge on any atom is 0.274 e. The second-order valence-electron chi connectivity index (χ2n) is 4.35. The Morgan fingerprint density at radius 2 is 2.05 bits per heavy atom. The zero-order chi connectivity index (χ0) is 14.7. The summed E-state index contributed by atoms with van der Waals surface area (Å²) >= 11 is 5.99. The van der Waals surface area contributed by atoms with Crippen molar-refractivity contribution in [3.05, 3.63) is 68.5 Å². The first kappa shape index (κ1) is 14.3. The number of halogens is 2. The summed E-state index contributed by atoms with van der Waals surface area (Å²) in [6.45, 7) is 2.02. The van der Waals surface area contributed by atoms with Gasteiger partial charge in [0.05, 0.1) is 10.5 Å². The lowest BCUT2D eigenvalue weighted by atomic mass is 10.1. The minimum absolute atomic E-state index is 0.114. The van der Waals surface area contributed by atoms with Crippen LogP contribution < -0.4 is 5.32 Å². The second-order valence-corrected chi connectivity index (χ2v) is 4.75. The fourth-order valence-corrected chi connectivity index (χ4v) is 1.95. The van der Waals surface area contributed by atoms with Crippen molar-refractivity contribution in [3.8, 4) is 0 Å². The number of nitrogens with zero attached hydrogens (tertiary/aromatic N) is 1. The lowest BCUT2D eigenvalue weighted by Gasteiger charge is -2.08. The predicted molar refractivity (Wildman–Crippen MR) is 76.6 cm³/mol. The summed E-state index contributed by atoms with van der Waals surface area (Å²) in [4.78, 5) is 10.3. The van der Waals surface area contributed by atoms with E-state index in [2.05, 4.69) is 5.32 Å². The molecule has 0 aromatic heterocycles. The number of anilines is 1. The molecule has 2 rings (SSSR count). The van der Waals surface area contributed by atoms with Crippen molar-refractivity contribution in [2.24, 2.45) is 0 Å². The molecule has 0 atom stereocenters. The van der Waals surface area contributed by atoms with Crippen LogP contribution in [-0.4, -0.2) is 4.92 Å². The number of rotatable bonds is 4. The number of nitro groups is 1. The van der Waals surface area contributed by atoms with Crippen LogP contribution in [-0.2, 0) is 6.54 Å². The lowest BCUT2D eigenvalue weighted by Crippen LogP contribution is -2.03. The van der Waals surface area contributed by atoms with Gasteiger partial charge in [-0.25, -0.2) is 4.39 Å². The van der Waals surface area contributed by atoms with Crippen LogP contribution in [0.5, 0.6) is 0 Å². The van der Waals surface area contributed by atoms with Gasteiger partial charge in [0, 0.05) is 23.3 Å². The Hall–Kier alpha value is -2.14. The van der Waals surface area contributed by atoms with Gasteiger partial charge in [-0.05, 0) is 36.8 Å². The van der Waals surface area contributed by atoms with E-state index in [-0.39, 0.29) is 17.8 Å². The molecule has 0 aliphatic heterocycles. The number of hydrogen-bond donors (Lipinski definition) is 1. The first-order valence-electron chi connectivity index (χ1n) is 5.90. The Morgan fingerprint density at radius 3 is 2.70 bits per heavy atom. The van der Waals surface area contributed by atoms with Gasteiger partial charge in [0.15, 0.2) is 0 Å². The molecule has 0 fully saturated rings. The number of nitro benzene ring substituents is 1. The SMILES string of the molecule is Cc1ccc(NCc2cc(F)ccc2[N+](=O)[O-])cc1Cl. The van der Waals surface area contributed by atoms with Crippen molar-refractivity contribution in [3.63, 3.8) is 0 Å². The zero-order valence-corrected chi connectivity index (χ0v) is 11.4. The number of benzene rings is 2. The largest absolute Gasteiger partial charge is 0.381 e. The van der Waals surface area contributed by atoms with Gasteiger partial charge in [-0.1, -0.05) is 17.7 Å². The molecule has 2 aromatic rings. The highest BCUT2D eigenvalue weighted by Crippen LogP contribution is 2.23. The second kappa shape index (κ2) is 5.88. The van der Waals surface area contributed by atoms with Gasteiger partial charge >= 0.3 is 0 Å². The lowest BCUT2D eigenvalue weighted by molar-refractivity contribution is -0.385. The van der Waals surface area contributed by atoms with Gasteiger partial charge in [0.25, 0.3) is 5.69 Å². The molecule has 0 saturated heterocycles. The van der Waals surface area contributed by atoms with Crippen molar-refractivity contribution in [1.29, 1.82) is 0 Å². The van der Waals surface area contributed by atoms with E-state index in [0.717, 1.165) is 29.4 Å². The van der Waals surface area contributed by atoms with E-state index >= 15 is 0 Å². The Bertz CT molecular complexity index is 662. The van der Waals surface area contributed by atoms with Crippen LogP contribution in [0, 0.1) is 22.9 Å². The Labute approximate surface area is 120 Å². The van der Waals surface area contributed by atoms with E-state index in [9.17, 15) is 14.5 Å². The van der Waals surface area contributed by atoms with Crippen molar-refractivity contribution in [2.45, 2.75) is 13.5 Å². The van der Waals surface area contributed by atoms with Crippen LogP contribution in [0.4, 0.5) is 15.8 Å². The third-order valence-electron chi connectivity index (χ3n) is 2.89. The van der Waals surface area contributed by atoms with E-state index in [1.165, 1.54) is 0 Å². The van der Waals surface area contributed by atoms with Crippen molar-refractivity contribution >= 4 is 23.0 Å². The Kier molecular flexibility index (Phi) is 4.20. The summed E-state index contributed by atoms with van der Waals surface area (Å²) in [5.41, 5.74) is 1.83. The molecule has 6 heteroatoms. The molecule has 4 nitrogen and oxygen atoms in total. The molecule has 104 valence electrons. The minimum atomic E-state index is -0.529.